The largest absolute Gasteiger partial charge is 0.505 e. The molecule has 0 aliphatic rings. The number of hydrogen-bond donors (Lipinski definition) is 2. The monoisotopic (exact) mass is 456 g/mol. The maximum atomic E-state index is 12.6. The normalized spacial score (nSPS) is 11.1. The van der Waals surface area contributed by atoms with Crippen LogP contribution in [-0.2, 0) is 0 Å². The Bertz CT molecular complexity index is 1270. The highest BCUT2D eigenvalue weighted by Gasteiger charge is 2.14. The summed E-state index contributed by atoms with van der Waals surface area (Å²) in [4.78, 5) is 18.3. The Kier molecular flexibility index (Phi) is 7.27. The van der Waals surface area contributed by atoms with Crippen LogP contribution in [0.3, 0.4) is 0 Å². The molecule has 0 saturated heterocycles. The van der Waals surface area contributed by atoms with Gasteiger partial charge >= 0.3 is 0 Å². The Morgan fingerprint density at radius 1 is 1.00 bits per heavy atom. The molecule has 1 heterocycles. The van der Waals surface area contributed by atoms with Crippen molar-refractivity contribution >= 4 is 40.7 Å². The van der Waals surface area contributed by atoms with Crippen LogP contribution in [-0.4, -0.2) is 35.4 Å². The summed E-state index contributed by atoms with van der Waals surface area (Å²) in [7, 11) is 1.63. The maximum Gasteiger partial charge on any atom is 0.255 e. The van der Waals surface area contributed by atoms with E-state index >= 15 is 0 Å². The molecule has 2 N–H and O–H groups in total. The van der Waals surface area contributed by atoms with Crippen LogP contribution in [0.2, 0.25) is 0 Å². The fourth-order valence-electron chi connectivity index (χ4n) is 3.31. The standard InChI is InChI=1S/C27H24N2O3S/c1-32-22-14-8-19(9-15-22)7-12-21-13-10-20-11-16-24(26(30)25(20)29-21)27(31)28-17-18-33-23-5-3-2-4-6-23/h2-16,30H,17-18H2,1H3,(H,28,31)/b12-7+. The predicted molar refractivity (Wildman–Crippen MR) is 135 cm³/mol. The minimum atomic E-state index is -0.316. The van der Waals surface area contributed by atoms with E-state index in [1.807, 2.05) is 78.9 Å². The van der Waals surface area contributed by atoms with Gasteiger partial charge in [-0.05, 0) is 48.0 Å². The average Bonchev–Trinajstić information content (AvgIpc) is 2.86. The van der Waals surface area contributed by atoms with Gasteiger partial charge in [0.1, 0.15) is 11.3 Å². The lowest BCUT2D eigenvalue weighted by Crippen LogP contribution is -2.25. The highest BCUT2D eigenvalue weighted by molar-refractivity contribution is 7.99. The van der Waals surface area contributed by atoms with E-state index in [4.69, 9.17) is 4.74 Å². The van der Waals surface area contributed by atoms with Gasteiger partial charge in [-0.2, -0.15) is 0 Å². The molecule has 0 fully saturated rings. The summed E-state index contributed by atoms with van der Waals surface area (Å²) in [5.41, 5.74) is 2.31. The van der Waals surface area contributed by atoms with Gasteiger partial charge in [0.2, 0.25) is 0 Å². The molecule has 0 bridgehead atoms. The van der Waals surface area contributed by atoms with Crippen molar-refractivity contribution in [2.24, 2.45) is 0 Å². The van der Waals surface area contributed by atoms with Crippen molar-refractivity contribution in [1.82, 2.24) is 10.3 Å². The number of fused-ring (bicyclic) bond motifs is 1. The molecule has 1 amide bonds. The Morgan fingerprint density at radius 2 is 1.76 bits per heavy atom. The van der Waals surface area contributed by atoms with Gasteiger partial charge in [-0.25, -0.2) is 4.98 Å². The number of pyridine rings is 1. The lowest BCUT2D eigenvalue weighted by Gasteiger charge is -2.09. The molecule has 0 atom stereocenters. The van der Waals surface area contributed by atoms with Gasteiger partial charge in [0, 0.05) is 22.6 Å². The quantitative estimate of drug-likeness (QED) is 0.265. The van der Waals surface area contributed by atoms with Gasteiger partial charge in [0.25, 0.3) is 5.91 Å². The van der Waals surface area contributed by atoms with E-state index in [9.17, 15) is 9.90 Å². The van der Waals surface area contributed by atoms with E-state index in [1.165, 1.54) is 0 Å². The van der Waals surface area contributed by atoms with Crippen molar-refractivity contribution in [3.8, 4) is 11.5 Å². The third-order valence-corrected chi connectivity index (χ3v) is 6.08. The molecule has 0 aliphatic carbocycles. The number of methoxy groups -OCH3 is 1. The average molecular weight is 457 g/mol. The van der Waals surface area contributed by atoms with Crippen LogP contribution < -0.4 is 10.1 Å². The molecule has 6 heteroatoms. The van der Waals surface area contributed by atoms with Crippen LogP contribution in [0.4, 0.5) is 0 Å². The molecule has 5 nitrogen and oxygen atoms in total. The number of nitrogens with zero attached hydrogens (tertiary/aromatic N) is 1. The van der Waals surface area contributed by atoms with Crippen LogP contribution >= 0.6 is 11.8 Å². The van der Waals surface area contributed by atoms with Gasteiger partial charge in [-0.15, -0.1) is 11.8 Å². The zero-order valence-corrected chi connectivity index (χ0v) is 19.0. The van der Waals surface area contributed by atoms with E-state index in [1.54, 1.807) is 31.0 Å². The predicted octanol–water partition coefficient (Wildman–Crippen LogP) is 5.64. The smallest absolute Gasteiger partial charge is 0.255 e. The van der Waals surface area contributed by atoms with Gasteiger partial charge in [-0.3, -0.25) is 4.79 Å². The number of phenolic OH excluding ortho intramolecular Hbond substituents is 1. The van der Waals surface area contributed by atoms with Gasteiger partial charge in [0.05, 0.1) is 18.4 Å². The molecule has 0 saturated carbocycles. The van der Waals surface area contributed by atoms with E-state index in [0.717, 1.165) is 27.3 Å². The second-order valence-corrected chi connectivity index (χ2v) is 8.46. The topological polar surface area (TPSA) is 71.5 Å². The summed E-state index contributed by atoms with van der Waals surface area (Å²) in [5.74, 6) is 1.11. The molecule has 0 unspecified atom stereocenters. The number of phenols is 1. The van der Waals surface area contributed by atoms with Crippen molar-refractivity contribution in [3.63, 3.8) is 0 Å². The molecule has 1 aromatic heterocycles. The second kappa shape index (κ2) is 10.7. The summed E-state index contributed by atoms with van der Waals surface area (Å²) >= 11 is 1.67. The first kappa shape index (κ1) is 22.4. The van der Waals surface area contributed by atoms with E-state index in [0.29, 0.717) is 17.8 Å². The number of nitrogens with one attached hydrogen (secondary N) is 1. The van der Waals surface area contributed by atoms with E-state index < -0.39 is 0 Å². The van der Waals surface area contributed by atoms with Crippen molar-refractivity contribution in [3.05, 3.63) is 95.7 Å². The number of amides is 1. The molecule has 0 radical (unpaired) electrons. The molecule has 166 valence electrons. The Hall–Kier alpha value is -3.77. The highest BCUT2D eigenvalue weighted by atomic mass is 32.2. The molecule has 3 aromatic carbocycles. The number of rotatable bonds is 8. The van der Waals surface area contributed by atoms with Gasteiger partial charge in [0.15, 0.2) is 5.75 Å². The van der Waals surface area contributed by atoms with Crippen LogP contribution in [0.25, 0.3) is 23.1 Å². The maximum absolute atomic E-state index is 12.6. The number of ether oxygens (including phenoxy) is 1. The summed E-state index contributed by atoms with van der Waals surface area (Å²) in [6.07, 6.45) is 3.81. The summed E-state index contributed by atoms with van der Waals surface area (Å²) in [6.45, 7) is 0.494. The number of thioether (sulfide) groups is 1. The van der Waals surface area contributed by atoms with Crippen molar-refractivity contribution in [1.29, 1.82) is 0 Å². The Balaban J connectivity index is 1.45. The Morgan fingerprint density at radius 3 is 2.52 bits per heavy atom. The minimum absolute atomic E-state index is 0.111. The van der Waals surface area contributed by atoms with Crippen LogP contribution in [0, 0.1) is 0 Å². The molecular formula is C27H24N2O3S. The lowest BCUT2D eigenvalue weighted by atomic mass is 10.1. The fraction of sp³-hybridized carbons (Fsp3) is 0.111. The molecule has 0 spiro atoms. The number of aromatic nitrogens is 1. The van der Waals surface area contributed by atoms with Crippen molar-refractivity contribution in [2.45, 2.75) is 4.90 Å². The van der Waals surface area contributed by atoms with Gasteiger partial charge < -0.3 is 15.2 Å². The Labute approximate surface area is 197 Å². The van der Waals surface area contributed by atoms with Crippen molar-refractivity contribution in [2.75, 3.05) is 19.4 Å². The van der Waals surface area contributed by atoms with Crippen LogP contribution in [0.5, 0.6) is 11.5 Å². The molecule has 33 heavy (non-hydrogen) atoms. The van der Waals surface area contributed by atoms with Gasteiger partial charge in [-0.1, -0.05) is 48.5 Å². The SMILES string of the molecule is COc1ccc(/C=C/c2ccc3ccc(C(=O)NCCSc4ccccc4)c(O)c3n2)cc1. The van der Waals surface area contributed by atoms with Crippen LogP contribution in [0.1, 0.15) is 21.6 Å². The van der Waals surface area contributed by atoms with E-state index in [2.05, 4.69) is 10.3 Å². The second-order valence-electron chi connectivity index (χ2n) is 7.29. The third-order valence-electron chi connectivity index (χ3n) is 5.06. The number of benzene rings is 3. The van der Waals surface area contributed by atoms with Crippen molar-refractivity contribution < 1.29 is 14.6 Å². The third kappa shape index (κ3) is 5.73. The number of carbonyl (C=O) groups is 1. The first-order valence-corrected chi connectivity index (χ1v) is 11.5. The highest BCUT2D eigenvalue weighted by Crippen LogP contribution is 2.28. The first-order valence-electron chi connectivity index (χ1n) is 10.5. The first-order chi connectivity index (χ1) is 16.1. The van der Waals surface area contributed by atoms with Crippen LogP contribution in [0.15, 0.2) is 83.8 Å². The fourth-order valence-corrected chi connectivity index (χ4v) is 4.10. The zero-order chi connectivity index (χ0) is 23.0. The minimum Gasteiger partial charge on any atom is -0.505 e. The molecule has 4 rings (SSSR count). The molecule has 4 aromatic rings. The number of aromatic hydroxyl groups is 1. The summed E-state index contributed by atoms with van der Waals surface area (Å²) in [5, 5.41) is 14.4. The molecule has 0 aliphatic heterocycles. The lowest BCUT2D eigenvalue weighted by molar-refractivity contribution is 0.0953. The number of hydrogen-bond acceptors (Lipinski definition) is 5. The molecular weight excluding hydrogens is 432 g/mol. The summed E-state index contributed by atoms with van der Waals surface area (Å²) in [6, 6.07) is 24.9. The van der Waals surface area contributed by atoms with E-state index in [-0.39, 0.29) is 17.2 Å². The number of carbonyl (C=O) groups excluding carboxylic acids is 1. The summed E-state index contributed by atoms with van der Waals surface area (Å²) < 4.78 is 5.18. The zero-order valence-electron chi connectivity index (χ0n) is 18.2.